The van der Waals surface area contributed by atoms with Crippen LogP contribution in [0.2, 0.25) is 0 Å². The molecule has 4 rings (SSSR count). The maximum atomic E-state index is 11.9. The van der Waals surface area contributed by atoms with Crippen molar-refractivity contribution in [3.63, 3.8) is 0 Å². The van der Waals surface area contributed by atoms with Gasteiger partial charge in [-0.05, 0) is 31.2 Å². The summed E-state index contributed by atoms with van der Waals surface area (Å²) in [6.07, 6.45) is 6.91. The van der Waals surface area contributed by atoms with Crippen molar-refractivity contribution in [1.82, 2.24) is 19.8 Å². The van der Waals surface area contributed by atoms with E-state index in [2.05, 4.69) is 34.5 Å². The summed E-state index contributed by atoms with van der Waals surface area (Å²) in [5, 5.41) is 15.5. The van der Waals surface area contributed by atoms with Crippen molar-refractivity contribution in [2.75, 3.05) is 11.6 Å². The number of primary amides is 1. The third kappa shape index (κ3) is 3.15. The van der Waals surface area contributed by atoms with Crippen LogP contribution in [0.5, 0.6) is 0 Å². The van der Waals surface area contributed by atoms with E-state index < -0.39 is 17.1 Å². The minimum absolute atomic E-state index is 0.0552. The van der Waals surface area contributed by atoms with E-state index in [1.54, 1.807) is 16.8 Å². The molecule has 1 aliphatic carbocycles. The van der Waals surface area contributed by atoms with Crippen LogP contribution in [-0.2, 0) is 11.2 Å². The van der Waals surface area contributed by atoms with Gasteiger partial charge in [-0.25, -0.2) is 4.52 Å². The molecule has 3 aromatic rings. The minimum atomic E-state index is -1.36. The largest absolute Gasteiger partial charge is 0.608 e. The predicted octanol–water partition coefficient (Wildman–Crippen LogP) is 1.82. The first-order chi connectivity index (χ1) is 12.8. The summed E-state index contributed by atoms with van der Waals surface area (Å²) in [5.74, 6) is -0.315. The van der Waals surface area contributed by atoms with Gasteiger partial charge >= 0.3 is 5.22 Å². The summed E-state index contributed by atoms with van der Waals surface area (Å²) in [4.78, 5) is 11.9. The predicted molar refractivity (Wildman–Crippen MR) is 99.8 cm³/mol. The number of aromatic nitrogens is 4. The summed E-state index contributed by atoms with van der Waals surface area (Å²) in [5.41, 5.74) is 8.00. The Hall–Kier alpha value is -2.59. The minimum Gasteiger partial charge on any atom is -0.608 e. The molecule has 1 unspecified atom stereocenters. The van der Waals surface area contributed by atoms with Crippen molar-refractivity contribution in [3.8, 4) is 11.5 Å². The number of hydrogen-bond donors (Lipinski definition) is 2. The van der Waals surface area contributed by atoms with Crippen LogP contribution in [0.3, 0.4) is 0 Å². The molecule has 27 heavy (non-hydrogen) atoms. The Balaban J connectivity index is 1.79. The second-order valence-corrected chi connectivity index (χ2v) is 8.46. The molecule has 0 saturated heterocycles. The van der Waals surface area contributed by atoms with Crippen molar-refractivity contribution in [2.45, 2.75) is 38.0 Å². The number of carbonyl (C=O) groups excluding carboxylic acids is 1. The van der Waals surface area contributed by atoms with Gasteiger partial charge in [-0.3, -0.25) is 4.79 Å². The quantitative estimate of drug-likeness (QED) is 0.615. The Bertz CT molecular complexity index is 1020. The van der Waals surface area contributed by atoms with E-state index in [1.165, 1.54) is 12.5 Å². The molecule has 0 aliphatic heterocycles. The zero-order valence-corrected chi connectivity index (χ0v) is 16.0. The molecule has 2 atom stereocenters. The third-order valence-electron chi connectivity index (χ3n) is 5.25. The first-order valence-corrected chi connectivity index (χ1v) is 10.1. The van der Waals surface area contributed by atoms with Gasteiger partial charge in [0.25, 0.3) is 11.8 Å². The lowest BCUT2D eigenvalue weighted by molar-refractivity contribution is 0.100. The van der Waals surface area contributed by atoms with Crippen molar-refractivity contribution in [1.29, 1.82) is 0 Å². The molecule has 1 amide bonds. The van der Waals surface area contributed by atoms with Crippen LogP contribution >= 0.6 is 0 Å². The standard InChI is InChI=1S/C17H20N6O3S/c1-9(17(2)4-5-17)20-13-11(14(18)24)7-19-23-8-10(6-12(13)23)15-21-22-16(26-15)27(3)25/h6-9,20H,4-5H2,1-3H3,(H2,18,24)/t9-,27?/m1/s1. The lowest BCUT2D eigenvalue weighted by atomic mass is 10.00. The van der Waals surface area contributed by atoms with Gasteiger partial charge in [-0.1, -0.05) is 12.0 Å². The van der Waals surface area contributed by atoms with Gasteiger partial charge in [-0.2, -0.15) is 5.10 Å². The fourth-order valence-corrected chi connectivity index (χ4v) is 3.33. The molecule has 1 saturated carbocycles. The normalized spacial score (nSPS) is 17.6. The van der Waals surface area contributed by atoms with E-state index in [4.69, 9.17) is 10.2 Å². The van der Waals surface area contributed by atoms with Crippen LogP contribution < -0.4 is 11.1 Å². The first-order valence-electron chi connectivity index (χ1n) is 8.53. The van der Waals surface area contributed by atoms with Crippen LogP contribution in [0, 0.1) is 5.41 Å². The van der Waals surface area contributed by atoms with E-state index in [9.17, 15) is 9.35 Å². The molecule has 0 bridgehead atoms. The van der Waals surface area contributed by atoms with Crippen LogP contribution in [0.1, 0.15) is 37.0 Å². The van der Waals surface area contributed by atoms with Gasteiger partial charge < -0.3 is 20.0 Å². The van der Waals surface area contributed by atoms with Crippen LogP contribution in [0.4, 0.5) is 5.69 Å². The molecular formula is C17H20N6O3S. The molecular weight excluding hydrogens is 368 g/mol. The molecule has 3 heterocycles. The fraction of sp³-hybridized carbons (Fsp3) is 0.412. The Morgan fingerprint density at radius 2 is 2.22 bits per heavy atom. The van der Waals surface area contributed by atoms with E-state index >= 15 is 0 Å². The summed E-state index contributed by atoms with van der Waals surface area (Å²) >= 11 is -1.36. The Kier molecular flexibility index (Phi) is 4.11. The molecule has 9 nitrogen and oxygen atoms in total. The highest BCUT2D eigenvalue weighted by Gasteiger charge is 2.43. The summed E-state index contributed by atoms with van der Waals surface area (Å²) in [7, 11) is 0. The SMILES string of the molecule is C[C@@H](Nc1c(C(N)=O)cnn2cc(-c3nnc([S+](C)[O-])o3)cc12)C1(C)CC1. The zero-order chi connectivity index (χ0) is 19.3. The number of carbonyl (C=O) groups is 1. The topological polar surface area (TPSA) is 134 Å². The lowest BCUT2D eigenvalue weighted by Crippen LogP contribution is -2.27. The first kappa shape index (κ1) is 17.8. The number of fused-ring (bicyclic) bond motifs is 1. The van der Waals surface area contributed by atoms with Crippen molar-refractivity contribution in [3.05, 3.63) is 24.0 Å². The number of rotatable bonds is 6. The number of nitrogens with one attached hydrogen (secondary N) is 1. The smallest absolute Gasteiger partial charge is 0.435 e. The maximum absolute atomic E-state index is 11.9. The molecule has 0 radical (unpaired) electrons. The van der Waals surface area contributed by atoms with Crippen LogP contribution in [-0.4, -0.2) is 42.6 Å². The number of anilines is 1. The van der Waals surface area contributed by atoms with Gasteiger partial charge in [0.15, 0.2) is 0 Å². The van der Waals surface area contributed by atoms with Gasteiger partial charge in [0.2, 0.25) is 0 Å². The average Bonchev–Trinajstić information content (AvgIpc) is 3.04. The zero-order valence-electron chi connectivity index (χ0n) is 15.2. The van der Waals surface area contributed by atoms with Gasteiger partial charge in [0, 0.05) is 23.4 Å². The molecule has 142 valence electrons. The molecule has 1 aliphatic rings. The lowest BCUT2D eigenvalue weighted by Gasteiger charge is -2.23. The summed E-state index contributed by atoms with van der Waals surface area (Å²) in [6, 6.07) is 1.96. The number of hydrogen-bond acceptors (Lipinski definition) is 7. The molecule has 1 fully saturated rings. The highest BCUT2D eigenvalue weighted by Crippen LogP contribution is 2.49. The third-order valence-corrected chi connectivity index (χ3v) is 5.90. The monoisotopic (exact) mass is 388 g/mol. The highest BCUT2D eigenvalue weighted by atomic mass is 32.2. The highest BCUT2D eigenvalue weighted by molar-refractivity contribution is 7.90. The second-order valence-electron chi connectivity index (χ2n) is 7.20. The summed E-state index contributed by atoms with van der Waals surface area (Å²) in [6.45, 7) is 4.31. The Labute approximate surface area is 158 Å². The fourth-order valence-electron chi connectivity index (χ4n) is 2.98. The van der Waals surface area contributed by atoms with Crippen molar-refractivity contribution in [2.24, 2.45) is 11.1 Å². The van der Waals surface area contributed by atoms with Gasteiger partial charge in [0.05, 0.1) is 28.5 Å². The van der Waals surface area contributed by atoms with E-state index in [1.807, 2.05) is 0 Å². The Morgan fingerprint density at radius 3 is 2.81 bits per heavy atom. The van der Waals surface area contributed by atoms with Gasteiger partial charge in [0.1, 0.15) is 6.26 Å². The van der Waals surface area contributed by atoms with Crippen molar-refractivity contribution < 1.29 is 13.8 Å². The van der Waals surface area contributed by atoms with Crippen molar-refractivity contribution >= 4 is 28.3 Å². The molecule has 3 aromatic heterocycles. The van der Waals surface area contributed by atoms with Crippen LogP contribution in [0.25, 0.3) is 17.0 Å². The summed E-state index contributed by atoms with van der Waals surface area (Å²) < 4.78 is 18.6. The number of amides is 1. The number of nitrogens with zero attached hydrogens (tertiary/aromatic N) is 4. The molecule has 0 spiro atoms. The average molecular weight is 388 g/mol. The number of nitrogens with two attached hydrogens (primary N) is 1. The molecule has 3 N–H and O–H groups in total. The molecule has 0 aromatic carbocycles. The van der Waals surface area contributed by atoms with E-state index in [-0.39, 0.29) is 22.6 Å². The van der Waals surface area contributed by atoms with Gasteiger partial charge in [-0.15, -0.1) is 5.10 Å². The van der Waals surface area contributed by atoms with E-state index in [0.29, 0.717) is 22.3 Å². The Morgan fingerprint density at radius 1 is 1.48 bits per heavy atom. The second kappa shape index (κ2) is 6.24. The van der Waals surface area contributed by atoms with Crippen LogP contribution in [0.15, 0.2) is 28.1 Å². The molecule has 10 heteroatoms. The van der Waals surface area contributed by atoms with E-state index in [0.717, 1.165) is 12.8 Å². The maximum Gasteiger partial charge on any atom is 0.435 e.